The molecule has 0 unspecified atom stereocenters. The van der Waals surface area contributed by atoms with Crippen LogP contribution in [0.1, 0.15) is 17.7 Å². The maximum absolute atomic E-state index is 5.43. The van der Waals surface area contributed by atoms with E-state index in [1.807, 2.05) is 6.07 Å². The molecule has 1 fully saturated rings. The van der Waals surface area contributed by atoms with E-state index in [2.05, 4.69) is 56.8 Å². The van der Waals surface area contributed by atoms with Crippen molar-refractivity contribution in [3.05, 3.63) is 41.9 Å². The lowest BCUT2D eigenvalue weighted by Crippen LogP contribution is -2.37. The van der Waals surface area contributed by atoms with E-state index in [-0.39, 0.29) is 0 Å². The molecule has 1 saturated heterocycles. The molecular weight excluding hydrogens is 396 g/mol. The van der Waals surface area contributed by atoms with Crippen LogP contribution >= 0.6 is 11.3 Å². The van der Waals surface area contributed by atoms with Gasteiger partial charge in [0.15, 0.2) is 10.8 Å². The summed E-state index contributed by atoms with van der Waals surface area (Å²) in [5, 5.41) is 5.58. The molecule has 8 heteroatoms. The summed E-state index contributed by atoms with van der Waals surface area (Å²) in [6.07, 6.45) is 2.72. The van der Waals surface area contributed by atoms with Crippen molar-refractivity contribution in [2.45, 2.75) is 20.3 Å². The van der Waals surface area contributed by atoms with Gasteiger partial charge in [-0.15, -0.1) is 0 Å². The quantitative estimate of drug-likeness (QED) is 0.477. The van der Waals surface area contributed by atoms with E-state index >= 15 is 0 Å². The van der Waals surface area contributed by atoms with Crippen molar-refractivity contribution in [3.8, 4) is 5.13 Å². The highest BCUT2D eigenvalue weighted by molar-refractivity contribution is 7.20. The Morgan fingerprint density at radius 3 is 2.80 bits per heavy atom. The number of thiazole rings is 1. The number of ether oxygens (including phenoxy) is 1. The Kier molecular flexibility index (Phi) is 5.37. The second-order valence-electron chi connectivity index (χ2n) is 7.67. The summed E-state index contributed by atoms with van der Waals surface area (Å²) < 4.78 is 8.77. The Hall–Kier alpha value is -2.55. The minimum atomic E-state index is 0.845. The van der Waals surface area contributed by atoms with Crippen LogP contribution in [0.25, 0.3) is 26.4 Å². The van der Waals surface area contributed by atoms with Crippen LogP contribution in [0, 0.1) is 13.8 Å². The molecule has 0 spiro atoms. The summed E-state index contributed by atoms with van der Waals surface area (Å²) in [4.78, 5) is 16.5. The van der Waals surface area contributed by atoms with Gasteiger partial charge in [-0.3, -0.25) is 9.47 Å². The van der Waals surface area contributed by atoms with Crippen LogP contribution in [-0.4, -0.2) is 63.8 Å². The highest BCUT2D eigenvalue weighted by Gasteiger charge is 2.19. The number of nitrogens with zero attached hydrogens (tertiary/aromatic N) is 5. The second kappa shape index (κ2) is 8.29. The van der Waals surface area contributed by atoms with Crippen LogP contribution in [0.4, 0.5) is 5.82 Å². The number of nitrogens with one attached hydrogen (secondary N) is 1. The van der Waals surface area contributed by atoms with Crippen LogP contribution < -0.4 is 5.32 Å². The lowest BCUT2D eigenvalue weighted by molar-refractivity contribution is 0.0378. The van der Waals surface area contributed by atoms with Crippen molar-refractivity contribution in [2.75, 3.05) is 44.7 Å². The largest absolute Gasteiger partial charge is 0.379 e. The van der Waals surface area contributed by atoms with E-state index in [1.165, 1.54) is 10.3 Å². The van der Waals surface area contributed by atoms with E-state index in [0.29, 0.717) is 0 Å². The van der Waals surface area contributed by atoms with Gasteiger partial charge in [0.25, 0.3) is 0 Å². The van der Waals surface area contributed by atoms with Crippen molar-refractivity contribution >= 4 is 38.4 Å². The lowest BCUT2D eigenvalue weighted by atomic mass is 10.2. The standard InChI is InChI=1S/C22H26N6OS/c1-15-16(2)28(22-26-17-6-3-4-7-18(17)30-22)21-19(15)20(24-14-25-21)23-8-5-9-27-10-12-29-13-11-27/h3-4,6-7,14H,5,8-13H2,1-2H3,(H,23,24,25). The minimum Gasteiger partial charge on any atom is -0.379 e. The van der Waals surface area contributed by atoms with E-state index in [4.69, 9.17) is 9.72 Å². The lowest BCUT2D eigenvalue weighted by Gasteiger charge is -2.26. The van der Waals surface area contributed by atoms with Crippen LogP contribution in [-0.2, 0) is 4.74 Å². The number of benzene rings is 1. The van der Waals surface area contributed by atoms with Gasteiger partial charge >= 0.3 is 0 Å². The average molecular weight is 423 g/mol. The molecule has 0 saturated carbocycles. The molecule has 30 heavy (non-hydrogen) atoms. The van der Waals surface area contributed by atoms with Gasteiger partial charge in [-0.05, 0) is 44.5 Å². The van der Waals surface area contributed by atoms with Gasteiger partial charge in [0, 0.05) is 25.3 Å². The van der Waals surface area contributed by atoms with E-state index in [0.717, 1.165) is 79.0 Å². The van der Waals surface area contributed by atoms with Crippen LogP contribution in [0.15, 0.2) is 30.6 Å². The number of hydrogen-bond acceptors (Lipinski definition) is 7. The van der Waals surface area contributed by atoms with Crippen molar-refractivity contribution < 1.29 is 4.74 Å². The molecule has 0 amide bonds. The topological polar surface area (TPSA) is 68.1 Å². The Labute approximate surface area is 179 Å². The maximum atomic E-state index is 5.43. The molecule has 0 aliphatic carbocycles. The fourth-order valence-electron chi connectivity index (χ4n) is 4.06. The van der Waals surface area contributed by atoms with Gasteiger partial charge in [-0.2, -0.15) is 0 Å². The van der Waals surface area contributed by atoms with Gasteiger partial charge in [-0.25, -0.2) is 15.0 Å². The zero-order valence-corrected chi connectivity index (χ0v) is 18.2. The molecule has 156 valence electrons. The molecule has 0 bridgehead atoms. The number of anilines is 1. The van der Waals surface area contributed by atoms with E-state index < -0.39 is 0 Å². The number of morpholine rings is 1. The van der Waals surface area contributed by atoms with Gasteiger partial charge in [0.2, 0.25) is 0 Å². The number of para-hydroxylation sites is 1. The molecule has 0 radical (unpaired) electrons. The normalized spacial score (nSPS) is 15.3. The van der Waals surface area contributed by atoms with E-state index in [9.17, 15) is 0 Å². The third kappa shape index (κ3) is 3.55. The SMILES string of the molecule is Cc1c(C)n(-c2nc3ccccc3s2)c2ncnc(NCCCN3CCOCC3)c12. The number of fused-ring (bicyclic) bond motifs is 2. The molecule has 1 aliphatic rings. The summed E-state index contributed by atoms with van der Waals surface area (Å²) >= 11 is 1.69. The van der Waals surface area contributed by atoms with Gasteiger partial charge in [-0.1, -0.05) is 23.5 Å². The van der Waals surface area contributed by atoms with Gasteiger partial charge < -0.3 is 10.1 Å². The highest BCUT2D eigenvalue weighted by atomic mass is 32.1. The molecule has 1 aliphatic heterocycles. The number of rotatable bonds is 6. The van der Waals surface area contributed by atoms with Crippen LogP contribution in [0.3, 0.4) is 0 Å². The maximum Gasteiger partial charge on any atom is 0.196 e. The average Bonchev–Trinajstić information content (AvgIpc) is 3.31. The Morgan fingerprint density at radius 2 is 1.97 bits per heavy atom. The van der Waals surface area contributed by atoms with Crippen molar-refractivity contribution in [1.82, 2.24) is 24.4 Å². The predicted octanol–water partition coefficient (Wildman–Crippen LogP) is 3.78. The number of aromatic nitrogens is 4. The smallest absolute Gasteiger partial charge is 0.196 e. The van der Waals surface area contributed by atoms with E-state index in [1.54, 1.807) is 17.7 Å². The Bertz CT molecular complexity index is 1140. The highest BCUT2D eigenvalue weighted by Crippen LogP contribution is 2.34. The first-order valence-electron chi connectivity index (χ1n) is 10.4. The zero-order chi connectivity index (χ0) is 20.5. The number of hydrogen-bond donors (Lipinski definition) is 1. The third-order valence-corrected chi connectivity index (χ3v) is 6.83. The first-order chi connectivity index (χ1) is 14.7. The fraction of sp³-hybridized carbons (Fsp3) is 0.409. The molecule has 1 N–H and O–H groups in total. The summed E-state index contributed by atoms with van der Waals surface area (Å²) in [5.41, 5.74) is 4.28. The molecule has 3 aromatic heterocycles. The molecule has 4 heterocycles. The minimum absolute atomic E-state index is 0.845. The zero-order valence-electron chi connectivity index (χ0n) is 17.4. The summed E-state index contributed by atoms with van der Waals surface area (Å²) in [6.45, 7) is 9.98. The van der Waals surface area contributed by atoms with Crippen molar-refractivity contribution in [2.24, 2.45) is 0 Å². The predicted molar refractivity (Wildman–Crippen MR) is 122 cm³/mol. The summed E-state index contributed by atoms with van der Waals surface area (Å²) in [6, 6.07) is 8.25. The second-order valence-corrected chi connectivity index (χ2v) is 8.67. The Morgan fingerprint density at radius 1 is 1.13 bits per heavy atom. The molecular formula is C22H26N6OS. The van der Waals surface area contributed by atoms with Gasteiger partial charge in [0.1, 0.15) is 12.1 Å². The fourth-order valence-corrected chi connectivity index (χ4v) is 5.08. The first kappa shape index (κ1) is 19.4. The first-order valence-corrected chi connectivity index (χ1v) is 11.3. The molecule has 1 aromatic carbocycles. The van der Waals surface area contributed by atoms with Gasteiger partial charge in [0.05, 0.1) is 28.8 Å². The summed E-state index contributed by atoms with van der Waals surface area (Å²) in [5.74, 6) is 0.905. The number of aryl methyl sites for hydroxylation is 1. The summed E-state index contributed by atoms with van der Waals surface area (Å²) in [7, 11) is 0. The molecule has 7 nitrogen and oxygen atoms in total. The van der Waals surface area contributed by atoms with Crippen molar-refractivity contribution in [3.63, 3.8) is 0 Å². The molecule has 4 aromatic rings. The Balaban J connectivity index is 1.41. The monoisotopic (exact) mass is 422 g/mol. The van der Waals surface area contributed by atoms with Crippen molar-refractivity contribution in [1.29, 1.82) is 0 Å². The molecule has 5 rings (SSSR count). The van der Waals surface area contributed by atoms with Crippen LogP contribution in [0.2, 0.25) is 0 Å². The van der Waals surface area contributed by atoms with Crippen LogP contribution in [0.5, 0.6) is 0 Å². The third-order valence-electron chi connectivity index (χ3n) is 5.81. The molecule has 0 atom stereocenters.